The van der Waals surface area contributed by atoms with Crippen molar-refractivity contribution >= 4 is 5.78 Å². The van der Waals surface area contributed by atoms with E-state index in [4.69, 9.17) is 0 Å². The molecule has 0 radical (unpaired) electrons. The molecular formula is C14H16F3NO. The minimum Gasteiger partial charge on any atom is -0.317 e. The van der Waals surface area contributed by atoms with Crippen LogP contribution in [0.4, 0.5) is 13.2 Å². The zero-order chi connectivity index (χ0) is 13.8. The Hall–Kier alpha value is -1.36. The van der Waals surface area contributed by atoms with Gasteiger partial charge in [-0.2, -0.15) is 0 Å². The van der Waals surface area contributed by atoms with Crippen LogP contribution in [-0.2, 0) is 0 Å². The molecule has 2 rings (SSSR count). The Labute approximate surface area is 110 Å². The molecule has 0 saturated carbocycles. The van der Waals surface area contributed by atoms with E-state index in [1.54, 1.807) is 0 Å². The van der Waals surface area contributed by atoms with E-state index in [0.717, 1.165) is 38.1 Å². The fraction of sp³-hybridized carbons (Fsp3) is 0.500. The van der Waals surface area contributed by atoms with Gasteiger partial charge >= 0.3 is 0 Å². The summed E-state index contributed by atoms with van der Waals surface area (Å²) in [5.41, 5.74) is -0.354. The van der Waals surface area contributed by atoms with E-state index < -0.39 is 23.2 Å². The number of piperidine rings is 1. The number of hydrogen-bond acceptors (Lipinski definition) is 2. The lowest BCUT2D eigenvalue weighted by Gasteiger charge is -2.22. The highest BCUT2D eigenvalue weighted by molar-refractivity contribution is 5.96. The summed E-state index contributed by atoms with van der Waals surface area (Å²) < 4.78 is 39.2. The zero-order valence-electron chi connectivity index (χ0n) is 10.5. The molecule has 104 valence electrons. The van der Waals surface area contributed by atoms with Gasteiger partial charge in [-0.05, 0) is 50.4 Å². The minimum atomic E-state index is -1.58. The van der Waals surface area contributed by atoms with Gasteiger partial charge in [-0.1, -0.05) is 0 Å². The molecule has 0 atom stereocenters. The van der Waals surface area contributed by atoms with Gasteiger partial charge in [0.2, 0.25) is 0 Å². The molecule has 0 spiro atoms. The molecule has 19 heavy (non-hydrogen) atoms. The maximum absolute atomic E-state index is 13.4. The third-order valence-corrected chi connectivity index (χ3v) is 3.57. The highest BCUT2D eigenvalue weighted by atomic mass is 19.2. The molecule has 1 saturated heterocycles. The first-order valence-electron chi connectivity index (χ1n) is 6.47. The summed E-state index contributed by atoms with van der Waals surface area (Å²) in [6.07, 6.45) is 2.83. The summed E-state index contributed by atoms with van der Waals surface area (Å²) in [6.45, 7) is 1.86. The van der Waals surface area contributed by atoms with Gasteiger partial charge in [-0.25, -0.2) is 13.2 Å². The molecule has 1 aromatic carbocycles. The van der Waals surface area contributed by atoms with Gasteiger partial charge < -0.3 is 5.32 Å². The standard InChI is InChI=1S/C14H16F3NO/c15-11-3-2-10(13(16)14(11)17)12(19)4-1-9-5-7-18-8-6-9/h2-3,9,18H,1,4-8H2. The fourth-order valence-corrected chi connectivity index (χ4v) is 2.38. The number of ketones is 1. The molecule has 0 aliphatic carbocycles. The quantitative estimate of drug-likeness (QED) is 0.673. The molecule has 2 nitrogen and oxygen atoms in total. The molecule has 0 unspecified atom stereocenters. The summed E-state index contributed by atoms with van der Waals surface area (Å²) in [6, 6.07) is 1.80. The molecule has 1 aliphatic heterocycles. The van der Waals surface area contributed by atoms with Crippen molar-refractivity contribution in [2.75, 3.05) is 13.1 Å². The van der Waals surface area contributed by atoms with Crippen LogP contribution in [0.1, 0.15) is 36.0 Å². The molecule has 0 amide bonds. The Morgan fingerprint density at radius 3 is 2.53 bits per heavy atom. The number of carbonyl (C=O) groups is 1. The number of rotatable bonds is 4. The van der Waals surface area contributed by atoms with E-state index in [-0.39, 0.29) is 12.0 Å². The maximum Gasteiger partial charge on any atom is 0.195 e. The van der Waals surface area contributed by atoms with Crippen molar-refractivity contribution in [2.24, 2.45) is 5.92 Å². The van der Waals surface area contributed by atoms with Crippen LogP contribution < -0.4 is 5.32 Å². The maximum atomic E-state index is 13.4. The highest BCUT2D eigenvalue weighted by Crippen LogP contribution is 2.21. The molecular weight excluding hydrogens is 255 g/mol. The molecule has 1 aliphatic rings. The second-order valence-electron chi connectivity index (χ2n) is 4.88. The normalized spacial score (nSPS) is 16.6. The molecule has 1 aromatic rings. The predicted molar refractivity (Wildman–Crippen MR) is 65.5 cm³/mol. The van der Waals surface area contributed by atoms with Crippen LogP contribution in [0.15, 0.2) is 12.1 Å². The number of Topliss-reactive ketones (excluding diaryl/α,β-unsaturated/α-hetero) is 1. The van der Waals surface area contributed by atoms with Crippen molar-refractivity contribution in [2.45, 2.75) is 25.7 Å². The summed E-state index contributed by atoms with van der Waals surface area (Å²) in [5, 5.41) is 3.22. The van der Waals surface area contributed by atoms with Crippen LogP contribution in [0.3, 0.4) is 0 Å². The number of carbonyl (C=O) groups excluding carboxylic acids is 1. The van der Waals surface area contributed by atoms with Crippen LogP contribution >= 0.6 is 0 Å². The van der Waals surface area contributed by atoms with Crippen molar-refractivity contribution in [1.29, 1.82) is 0 Å². The molecule has 1 heterocycles. The summed E-state index contributed by atoms with van der Waals surface area (Å²) in [5.74, 6) is -4.25. The van der Waals surface area contributed by atoms with Crippen molar-refractivity contribution in [3.05, 3.63) is 35.1 Å². The Balaban J connectivity index is 1.98. The highest BCUT2D eigenvalue weighted by Gasteiger charge is 2.20. The first kappa shape index (κ1) is 14.1. The summed E-state index contributed by atoms with van der Waals surface area (Å²) in [7, 11) is 0. The van der Waals surface area contributed by atoms with Gasteiger partial charge in [0, 0.05) is 6.42 Å². The Bertz CT molecular complexity index is 470. The molecule has 5 heteroatoms. The zero-order valence-corrected chi connectivity index (χ0v) is 10.5. The van der Waals surface area contributed by atoms with E-state index >= 15 is 0 Å². The third-order valence-electron chi connectivity index (χ3n) is 3.57. The van der Waals surface area contributed by atoms with Gasteiger partial charge in [0.25, 0.3) is 0 Å². The van der Waals surface area contributed by atoms with Gasteiger partial charge in [-0.15, -0.1) is 0 Å². The third kappa shape index (κ3) is 3.35. The average molecular weight is 271 g/mol. The van der Waals surface area contributed by atoms with E-state index in [0.29, 0.717) is 12.3 Å². The van der Waals surface area contributed by atoms with Crippen molar-refractivity contribution in [3.63, 3.8) is 0 Å². The number of nitrogens with one attached hydrogen (secondary N) is 1. The second-order valence-corrected chi connectivity index (χ2v) is 4.88. The smallest absolute Gasteiger partial charge is 0.195 e. The van der Waals surface area contributed by atoms with Crippen molar-refractivity contribution < 1.29 is 18.0 Å². The van der Waals surface area contributed by atoms with Crippen LogP contribution in [0.2, 0.25) is 0 Å². The number of hydrogen-bond donors (Lipinski definition) is 1. The average Bonchev–Trinajstić information content (AvgIpc) is 2.43. The van der Waals surface area contributed by atoms with Crippen molar-refractivity contribution in [1.82, 2.24) is 5.32 Å². The Morgan fingerprint density at radius 1 is 1.16 bits per heavy atom. The Kier molecular flexibility index (Phi) is 4.58. The van der Waals surface area contributed by atoms with E-state index in [2.05, 4.69) is 5.32 Å². The van der Waals surface area contributed by atoms with Crippen molar-refractivity contribution in [3.8, 4) is 0 Å². The summed E-state index contributed by atoms with van der Waals surface area (Å²) in [4.78, 5) is 11.8. The van der Waals surface area contributed by atoms with Gasteiger partial charge in [0.1, 0.15) is 0 Å². The predicted octanol–water partition coefficient (Wildman–Crippen LogP) is 3.07. The molecule has 0 bridgehead atoms. The number of halogens is 3. The van der Waals surface area contributed by atoms with E-state index in [9.17, 15) is 18.0 Å². The van der Waals surface area contributed by atoms with Crippen LogP contribution in [0.25, 0.3) is 0 Å². The first-order chi connectivity index (χ1) is 9.09. The lowest BCUT2D eigenvalue weighted by atomic mass is 9.91. The van der Waals surface area contributed by atoms with Crippen LogP contribution in [-0.4, -0.2) is 18.9 Å². The monoisotopic (exact) mass is 271 g/mol. The van der Waals surface area contributed by atoms with Gasteiger partial charge in [-0.3, -0.25) is 4.79 Å². The van der Waals surface area contributed by atoms with Gasteiger partial charge in [0.05, 0.1) is 5.56 Å². The molecule has 1 fully saturated rings. The van der Waals surface area contributed by atoms with Crippen LogP contribution in [0.5, 0.6) is 0 Å². The second kappa shape index (κ2) is 6.19. The fourth-order valence-electron chi connectivity index (χ4n) is 2.38. The van der Waals surface area contributed by atoms with Gasteiger partial charge in [0.15, 0.2) is 23.2 Å². The lowest BCUT2D eigenvalue weighted by Crippen LogP contribution is -2.28. The molecule has 1 N–H and O–H groups in total. The Morgan fingerprint density at radius 2 is 1.84 bits per heavy atom. The lowest BCUT2D eigenvalue weighted by molar-refractivity contribution is 0.0965. The molecule has 0 aromatic heterocycles. The largest absolute Gasteiger partial charge is 0.317 e. The topological polar surface area (TPSA) is 29.1 Å². The van der Waals surface area contributed by atoms with E-state index in [1.807, 2.05) is 0 Å². The summed E-state index contributed by atoms with van der Waals surface area (Å²) >= 11 is 0. The minimum absolute atomic E-state index is 0.173. The first-order valence-corrected chi connectivity index (χ1v) is 6.47. The van der Waals surface area contributed by atoms with Crippen LogP contribution in [0, 0.1) is 23.4 Å². The SMILES string of the molecule is O=C(CCC1CCNCC1)c1ccc(F)c(F)c1F. The van der Waals surface area contributed by atoms with E-state index in [1.165, 1.54) is 0 Å². The number of benzene rings is 1.